The van der Waals surface area contributed by atoms with E-state index in [1.807, 2.05) is 66.2 Å². The minimum atomic E-state index is -0.225. The first kappa shape index (κ1) is 16.1. The van der Waals surface area contributed by atoms with Crippen molar-refractivity contribution in [3.8, 4) is 0 Å². The van der Waals surface area contributed by atoms with Crippen LogP contribution in [-0.4, -0.2) is 25.4 Å². The van der Waals surface area contributed by atoms with E-state index in [-0.39, 0.29) is 11.9 Å². The molecular formula is C20H19N5O. The number of hydrogen-bond donors (Lipinski definition) is 2. The number of benzene rings is 1. The van der Waals surface area contributed by atoms with Gasteiger partial charge in [-0.15, -0.1) is 0 Å². The lowest BCUT2D eigenvalue weighted by molar-refractivity contribution is 0.0929. The first-order valence-electron chi connectivity index (χ1n) is 8.50. The molecule has 130 valence electrons. The van der Waals surface area contributed by atoms with E-state index in [1.54, 1.807) is 12.4 Å². The van der Waals surface area contributed by atoms with Crippen LogP contribution in [0.3, 0.4) is 0 Å². The molecule has 1 atom stereocenters. The van der Waals surface area contributed by atoms with Crippen LogP contribution in [0.5, 0.6) is 0 Å². The van der Waals surface area contributed by atoms with Gasteiger partial charge in [-0.3, -0.25) is 9.78 Å². The van der Waals surface area contributed by atoms with Crippen molar-refractivity contribution >= 4 is 16.9 Å². The van der Waals surface area contributed by atoms with Crippen molar-refractivity contribution in [2.75, 3.05) is 0 Å². The molecule has 1 aromatic carbocycles. The topological polar surface area (TPSA) is 75.6 Å². The molecule has 1 unspecified atom stereocenters. The third-order valence-electron chi connectivity index (χ3n) is 4.30. The van der Waals surface area contributed by atoms with E-state index < -0.39 is 0 Å². The summed E-state index contributed by atoms with van der Waals surface area (Å²) in [5.41, 5.74) is 3.51. The summed E-state index contributed by atoms with van der Waals surface area (Å²) in [6.07, 6.45) is 5.44. The highest BCUT2D eigenvalue weighted by Gasteiger charge is 2.17. The molecule has 6 heteroatoms. The van der Waals surface area contributed by atoms with Gasteiger partial charge in [0.05, 0.1) is 17.1 Å². The smallest absolute Gasteiger partial charge is 0.268 e. The molecule has 0 saturated carbocycles. The highest BCUT2D eigenvalue weighted by molar-refractivity contribution is 5.93. The van der Waals surface area contributed by atoms with E-state index in [9.17, 15) is 4.79 Å². The number of aromatic nitrogens is 4. The molecule has 4 aromatic rings. The van der Waals surface area contributed by atoms with Crippen LogP contribution in [0, 0.1) is 0 Å². The number of para-hydroxylation sites is 2. The lowest BCUT2D eigenvalue weighted by Gasteiger charge is -2.13. The maximum atomic E-state index is 12.7. The zero-order valence-corrected chi connectivity index (χ0v) is 14.4. The minimum absolute atomic E-state index is 0.133. The van der Waals surface area contributed by atoms with Crippen molar-refractivity contribution in [3.05, 3.63) is 84.2 Å². The lowest BCUT2D eigenvalue weighted by Crippen LogP contribution is -2.29. The summed E-state index contributed by atoms with van der Waals surface area (Å²) in [5, 5.41) is 3.02. The average molecular weight is 345 g/mol. The molecule has 3 heterocycles. The summed E-state index contributed by atoms with van der Waals surface area (Å²) in [4.78, 5) is 24.7. The summed E-state index contributed by atoms with van der Waals surface area (Å²) in [7, 11) is 0. The van der Waals surface area contributed by atoms with Crippen LogP contribution in [0.25, 0.3) is 11.0 Å². The molecule has 0 radical (unpaired) electrons. The number of pyridine rings is 1. The maximum Gasteiger partial charge on any atom is 0.268 e. The van der Waals surface area contributed by atoms with Crippen molar-refractivity contribution in [2.45, 2.75) is 19.5 Å². The van der Waals surface area contributed by atoms with E-state index in [1.165, 1.54) is 0 Å². The van der Waals surface area contributed by atoms with E-state index in [4.69, 9.17) is 0 Å². The number of rotatable bonds is 5. The van der Waals surface area contributed by atoms with Gasteiger partial charge < -0.3 is 14.9 Å². The monoisotopic (exact) mass is 345 g/mol. The second-order valence-corrected chi connectivity index (χ2v) is 6.22. The van der Waals surface area contributed by atoms with Gasteiger partial charge in [0.15, 0.2) is 0 Å². The highest BCUT2D eigenvalue weighted by Crippen LogP contribution is 2.16. The molecule has 0 aliphatic heterocycles. The van der Waals surface area contributed by atoms with Gasteiger partial charge >= 0.3 is 0 Å². The molecule has 0 spiro atoms. The second kappa shape index (κ2) is 6.84. The van der Waals surface area contributed by atoms with Crippen LogP contribution in [0.15, 0.2) is 67.1 Å². The van der Waals surface area contributed by atoms with Gasteiger partial charge in [0.2, 0.25) is 0 Å². The number of aromatic amines is 1. The largest absolute Gasteiger partial charge is 0.341 e. The van der Waals surface area contributed by atoms with Gasteiger partial charge in [0.1, 0.15) is 11.5 Å². The molecule has 0 fully saturated rings. The average Bonchev–Trinajstić information content (AvgIpc) is 3.29. The number of nitrogens with one attached hydrogen (secondary N) is 2. The molecule has 0 aliphatic rings. The molecule has 0 saturated heterocycles. The zero-order valence-electron chi connectivity index (χ0n) is 14.4. The lowest BCUT2D eigenvalue weighted by atomic mass is 10.2. The molecule has 0 aliphatic carbocycles. The fraction of sp³-hybridized carbons (Fsp3) is 0.150. The van der Waals surface area contributed by atoms with Crippen LogP contribution >= 0.6 is 0 Å². The molecule has 4 rings (SSSR count). The predicted molar refractivity (Wildman–Crippen MR) is 99.7 cm³/mol. The van der Waals surface area contributed by atoms with E-state index in [0.717, 1.165) is 22.4 Å². The number of carbonyl (C=O) groups is 1. The van der Waals surface area contributed by atoms with Gasteiger partial charge in [-0.25, -0.2) is 4.98 Å². The number of imidazole rings is 1. The molecular weight excluding hydrogens is 326 g/mol. The van der Waals surface area contributed by atoms with Gasteiger partial charge in [-0.05, 0) is 42.8 Å². The number of nitrogens with zero attached hydrogens (tertiary/aromatic N) is 3. The first-order valence-corrected chi connectivity index (χ1v) is 8.50. The summed E-state index contributed by atoms with van der Waals surface area (Å²) >= 11 is 0. The Morgan fingerprint density at radius 3 is 2.88 bits per heavy atom. The number of H-pyrrole nitrogens is 1. The molecule has 26 heavy (non-hydrogen) atoms. The quantitative estimate of drug-likeness (QED) is 0.583. The Balaban J connectivity index is 1.50. The Morgan fingerprint density at radius 1 is 1.19 bits per heavy atom. The second-order valence-electron chi connectivity index (χ2n) is 6.22. The standard InChI is InChI=1S/C20H19N5O/c1-14(19-23-16-7-2-3-8-17(16)24-19)22-20(26)18-9-5-11-25(18)13-15-6-4-10-21-12-15/h2-12,14H,13H2,1H3,(H,22,26)(H,23,24). The molecule has 0 bridgehead atoms. The van der Waals surface area contributed by atoms with Crippen LogP contribution in [0.1, 0.15) is 34.8 Å². The number of fused-ring (bicyclic) bond motifs is 1. The normalized spacial score (nSPS) is 12.2. The Kier molecular flexibility index (Phi) is 4.23. The van der Waals surface area contributed by atoms with Gasteiger partial charge in [-0.2, -0.15) is 0 Å². The summed E-state index contributed by atoms with van der Waals surface area (Å²) < 4.78 is 1.91. The van der Waals surface area contributed by atoms with Crippen LogP contribution in [-0.2, 0) is 6.54 Å². The molecule has 1 amide bonds. The van der Waals surface area contributed by atoms with E-state index in [2.05, 4.69) is 20.3 Å². The van der Waals surface area contributed by atoms with Crippen LogP contribution in [0.2, 0.25) is 0 Å². The molecule has 6 nitrogen and oxygen atoms in total. The van der Waals surface area contributed by atoms with Gasteiger partial charge in [-0.1, -0.05) is 18.2 Å². The van der Waals surface area contributed by atoms with Crippen molar-refractivity contribution < 1.29 is 4.79 Å². The Labute approximate surface area is 150 Å². The van der Waals surface area contributed by atoms with Crippen molar-refractivity contribution in [1.82, 2.24) is 24.8 Å². The van der Waals surface area contributed by atoms with Crippen molar-refractivity contribution in [3.63, 3.8) is 0 Å². The summed E-state index contributed by atoms with van der Waals surface area (Å²) in [5.74, 6) is 0.608. The summed E-state index contributed by atoms with van der Waals surface area (Å²) in [6, 6.07) is 15.2. The number of carbonyl (C=O) groups excluding carboxylic acids is 1. The fourth-order valence-electron chi connectivity index (χ4n) is 2.96. The zero-order chi connectivity index (χ0) is 17.9. The van der Waals surface area contributed by atoms with Gasteiger partial charge in [0, 0.05) is 25.1 Å². The Morgan fingerprint density at radius 2 is 2.08 bits per heavy atom. The third kappa shape index (κ3) is 3.21. The number of amides is 1. The predicted octanol–water partition coefficient (Wildman–Crippen LogP) is 3.30. The Hall–Kier alpha value is -3.41. The Bertz CT molecular complexity index is 1000. The van der Waals surface area contributed by atoms with Crippen LogP contribution < -0.4 is 5.32 Å². The van der Waals surface area contributed by atoms with E-state index >= 15 is 0 Å². The first-order chi connectivity index (χ1) is 12.7. The minimum Gasteiger partial charge on any atom is -0.341 e. The molecule has 2 N–H and O–H groups in total. The summed E-state index contributed by atoms with van der Waals surface area (Å²) in [6.45, 7) is 2.52. The maximum absolute atomic E-state index is 12.7. The van der Waals surface area contributed by atoms with E-state index in [0.29, 0.717) is 12.2 Å². The third-order valence-corrected chi connectivity index (χ3v) is 4.30. The highest BCUT2D eigenvalue weighted by atomic mass is 16.2. The van der Waals surface area contributed by atoms with Crippen molar-refractivity contribution in [1.29, 1.82) is 0 Å². The van der Waals surface area contributed by atoms with Crippen molar-refractivity contribution in [2.24, 2.45) is 0 Å². The van der Waals surface area contributed by atoms with Crippen LogP contribution in [0.4, 0.5) is 0 Å². The molecule has 3 aromatic heterocycles. The fourth-order valence-corrected chi connectivity index (χ4v) is 2.96. The number of hydrogen-bond acceptors (Lipinski definition) is 3. The SMILES string of the molecule is CC(NC(=O)c1cccn1Cc1cccnc1)c1nc2ccccc2[nH]1. The van der Waals surface area contributed by atoms with Gasteiger partial charge in [0.25, 0.3) is 5.91 Å².